The van der Waals surface area contributed by atoms with Crippen LogP contribution in [0.2, 0.25) is 0 Å². The van der Waals surface area contributed by atoms with E-state index in [0.717, 1.165) is 63.3 Å². The third-order valence-electron chi connectivity index (χ3n) is 13.8. The number of hydrogen-bond acceptors (Lipinski definition) is 9. The van der Waals surface area contributed by atoms with E-state index in [9.17, 15) is 23.1 Å². The van der Waals surface area contributed by atoms with Gasteiger partial charge in [0.25, 0.3) is 0 Å². The molecule has 0 aromatic heterocycles. The molecule has 3 saturated heterocycles. The Kier molecular flexibility index (Phi) is 14.2. The topological polar surface area (TPSA) is 150 Å². The molecule has 3 fully saturated rings. The van der Waals surface area contributed by atoms with Crippen LogP contribution in [-0.2, 0) is 48.7 Å². The van der Waals surface area contributed by atoms with Crippen molar-refractivity contribution in [2.45, 2.75) is 81.2 Å². The Morgan fingerprint density at radius 1 is 0.794 bits per heavy atom. The number of aryl methyl sites for hydroxylation is 1. The molecular formula is C55H59N5O7S. The van der Waals surface area contributed by atoms with E-state index in [1.54, 1.807) is 24.3 Å². The molecule has 9 rings (SSSR count). The quantitative estimate of drug-likeness (QED) is 0.0818. The molecular weight excluding hydrogens is 875 g/mol. The minimum absolute atomic E-state index is 0.00993. The van der Waals surface area contributed by atoms with Crippen LogP contribution in [0.15, 0.2) is 163 Å². The number of likely N-dealkylation sites (tertiary alicyclic amines) is 1. The molecule has 4 N–H and O–H groups in total. The highest BCUT2D eigenvalue weighted by Crippen LogP contribution is 2.43. The van der Waals surface area contributed by atoms with Gasteiger partial charge in [-0.2, -0.15) is 4.72 Å². The van der Waals surface area contributed by atoms with Crippen molar-refractivity contribution in [2.24, 2.45) is 5.92 Å². The van der Waals surface area contributed by atoms with Gasteiger partial charge in [0.2, 0.25) is 21.8 Å². The zero-order valence-corrected chi connectivity index (χ0v) is 39.3. The fourth-order valence-corrected chi connectivity index (χ4v) is 11.0. The number of benzene rings is 6. The summed E-state index contributed by atoms with van der Waals surface area (Å²) in [6.45, 7) is 6.85. The molecule has 3 heterocycles. The summed E-state index contributed by atoms with van der Waals surface area (Å²) in [5.74, 6) is -0.358. The lowest BCUT2D eigenvalue weighted by atomic mass is 9.84. The Labute approximate surface area is 399 Å². The van der Waals surface area contributed by atoms with Crippen molar-refractivity contribution in [3.63, 3.8) is 0 Å². The average Bonchev–Trinajstić information content (AvgIpc) is 3.68. The molecule has 1 spiro atoms. The summed E-state index contributed by atoms with van der Waals surface area (Å²) in [6, 6.07) is 48.9. The molecule has 13 heteroatoms. The van der Waals surface area contributed by atoms with Gasteiger partial charge in [-0.25, -0.2) is 8.42 Å². The SMILES string of the molecule is Cc1ccc(S(=O)(=O)NC(Cc2ccccc2)C(=O)NCc2ccccc2-c2ccc(C3OC(CN4CCC5(CC4)C(=O)NCN5c4ccccc4)C(C)C(c4ccc(CO)cc4)O3)cc2)cc1. The van der Waals surface area contributed by atoms with Crippen LogP contribution in [0.25, 0.3) is 11.1 Å². The summed E-state index contributed by atoms with van der Waals surface area (Å²) in [5.41, 5.74) is 7.63. The van der Waals surface area contributed by atoms with Gasteiger partial charge in [-0.1, -0.05) is 146 Å². The number of nitrogens with zero attached hydrogens (tertiary/aromatic N) is 2. The molecule has 12 nitrogen and oxygen atoms in total. The number of carbonyl (C=O) groups is 2. The van der Waals surface area contributed by atoms with E-state index < -0.39 is 33.8 Å². The third kappa shape index (κ3) is 10.3. The summed E-state index contributed by atoms with van der Waals surface area (Å²) in [6.07, 6.45) is 0.434. The van der Waals surface area contributed by atoms with Crippen molar-refractivity contribution in [3.05, 3.63) is 191 Å². The number of nitrogens with one attached hydrogen (secondary N) is 3. The predicted molar refractivity (Wildman–Crippen MR) is 262 cm³/mol. The van der Waals surface area contributed by atoms with E-state index in [2.05, 4.69) is 44.2 Å². The molecule has 3 aliphatic heterocycles. The van der Waals surface area contributed by atoms with Gasteiger partial charge in [0, 0.05) is 43.3 Å². The maximum absolute atomic E-state index is 13.9. The summed E-state index contributed by atoms with van der Waals surface area (Å²) >= 11 is 0. The van der Waals surface area contributed by atoms with Gasteiger partial charge >= 0.3 is 0 Å². The highest BCUT2D eigenvalue weighted by molar-refractivity contribution is 7.89. The Balaban J connectivity index is 0.906. The number of amides is 2. The van der Waals surface area contributed by atoms with Gasteiger partial charge in [0.05, 0.1) is 30.4 Å². The number of hydrogen-bond donors (Lipinski definition) is 4. The first-order valence-electron chi connectivity index (χ1n) is 23.4. The van der Waals surface area contributed by atoms with E-state index >= 15 is 0 Å². The van der Waals surface area contributed by atoms with E-state index in [1.165, 1.54) is 0 Å². The highest BCUT2D eigenvalue weighted by Gasteiger charge is 2.51. The molecule has 0 aliphatic carbocycles. The molecule has 68 heavy (non-hydrogen) atoms. The van der Waals surface area contributed by atoms with E-state index in [0.29, 0.717) is 26.1 Å². The summed E-state index contributed by atoms with van der Waals surface area (Å²) in [5, 5.41) is 15.9. The smallest absolute Gasteiger partial charge is 0.247 e. The summed E-state index contributed by atoms with van der Waals surface area (Å²) in [7, 11) is -4.00. The molecule has 6 aromatic rings. The van der Waals surface area contributed by atoms with Crippen LogP contribution in [-0.4, -0.2) is 74.2 Å². The van der Waals surface area contributed by atoms with Crippen LogP contribution < -0.4 is 20.3 Å². The van der Waals surface area contributed by atoms with Gasteiger partial charge in [-0.3, -0.25) is 9.59 Å². The standard InChI is InChI=1S/C55H59N5O7S/c1-38-17-27-47(28-18-38)68(64,65)58-49(33-40-11-5-3-6-12-40)52(62)56-34-45-13-9-10-16-48(45)42-23-25-44(26-24-42)53-66-50(39(2)51(67-53)43-21-19-41(36-61)20-22-43)35-59-31-29-55(30-32-59)54(63)57-37-60(55)46-14-7-4-8-15-46/h3-28,39,49-51,53,58,61H,29-37H2,1-2H3,(H,56,62)(H,57,63). The van der Waals surface area contributed by atoms with Crippen LogP contribution >= 0.6 is 0 Å². The van der Waals surface area contributed by atoms with Crippen LogP contribution in [0.1, 0.15) is 65.5 Å². The van der Waals surface area contributed by atoms with Gasteiger partial charge in [-0.05, 0) is 83.8 Å². The normalized spacial score (nSPS) is 21.0. The third-order valence-corrected chi connectivity index (χ3v) is 15.3. The zero-order valence-electron chi connectivity index (χ0n) is 38.5. The lowest BCUT2D eigenvalue weighted by Gasteiger charge is -2.46. The first-order chi connectivity index (χ1) is 33.0. The van der Waals surface area contributed by atoms with Crippen molar-refractivity contribution in [2.75, 3.05) is 31.2 Å². The first kappa shape index (κ1) is 46.9. The second kappa shape index (κ2) is 20.6. The number of rotatable bonds is 15. The number of piperidine rings is 1. The minimum Gasteiger partial charge on any atom is -0.392 e. The van der Waals surface area contributed by atoms with Crippen molar-refractivity contribution >= 4 is 27.5 Å². The monoisotopic (exact) mass is 933 g/mol. The highest BCUT2D eigenvalue weighted by atomic mass is 32.2. The second-order valence-corrected chi connectivity index (χ2v) is 20.0. The Hall–Kier alpha value is -6.19. The number of aliphatic hydroxyl groups excluding tert-OH is 1. The molecule has 0 bridgehead atoms. The Morgan fingerprint density at radius 2 is 1.44 bits per heavy atom. The molecule has 3 aliphatic rings. The molecule has 2 amide bonds. The largest absolute Gasteiger partial charge is 0.392 e. The van der Waals surface area contributed by atoms with Gasteiger partial charge in [-0.15, -0.1) is 0 Å². The van der Waals surface area contributed by atoms with Crippen molar-refractivity contribution in [3.8, 4) is 11.1 Å². The molecule has 0 saturated carbocycles. The maximum atomic E-state index is 13.9. The molecule has 5 unspecified atom stereocenters. The van der Waals surface area contributed by atoms with E-state index in [-0.39, 0.29) is 48.5 Å². The minimum atomic E-state index is -4.00. The van der Waals surface area contributed by atoms with E-state index in [1.807, 2.05) is 128 Å². The number of aliphatic hydroxyl groups is 1. The lowest BCUT2D eigenvalue weighted by Crippen LogP contribution is -2.57. The number of carbonyl (C=O) groups excluding carboxylic acids is 2. The average molecular weight is 934 g/mol. The van der Waals surface area contributed by atoms with Gasteiger partial charge in [0.1, 0.15) is 11.6 Å². The van der Waals surface area contributed by atoms with E-state index in [4.69, 9.17) is 9.47 Å². The number of para-hydroxylation sites is 1. The number of sulfonamides is 1. The van der Waals surface area contributed by atoms with Crippen molar-refractivity contribution in [1.29, 1.82) is 0 Å². The number of ether oxygens (including phenoxy) is 2. The number of anilines is 1. The summed E-state index contributed by atoms with van der Waals surface area (Å²) < 4.78 is 43.4. The molecule has 6 aromatic carbocycles. The van der Waals surface area contributed by atoms with Crippen LogP contribution in [0, 0.1) is 12.8 Å². The molecule has 5 atom stereocenters. The Bertz CT molecular complexity index is 2770. The second-order valence-electron chi connectivity index (χ2n) is 18.3. The van der Waals surface area contributed by atoms with Crippen LogP contribution in [0.4, 0.5) is 5.69 Å². The fraction of sp³-hybridized carbons (Fsp3) is 0.309. The summed E-state index contributed by atoms with van der Waals surface area (Å²) in [4.78, 5) is 32.1. The lowest BCUT2D eigenvalue weighted by molar-refractivity contribution is -0.276. The zero-order chi connectivity index (χ0) is 47.3. The fourth-order valence-electron chi connectivity index (χ4n) is 9.81. The van der Waals surface area contributed by atoms with Crippen LogP contribution in [0.5, 0.6) is 0 Å². The molecule has 352 valence electrons. The Morgan fingerprint density at radius 3 is 2.13 bits per heavy atom. The van der Waals surface area contributed by atoms with Crippen molar-refractivity contribution in [1.82, 2.24) is 20.3 Å². The van der Waals surface area contributed by atoms with Crippen LogP contribution in [0.3, 0.4) is 0 Å². The van der Waals surface area contributed by atoms with Gasteiger partial charge < -0.3 is 35.0 Å². The predicted octanol–water partition coefficient (Wildman–Crippen LogP) is 7.58. The maximum Gasteiger partial charge on any atom is 0.247 e. The van der Waals surface area contributed by atoms with Crippen molar-refractivity contribution < 1.29 is 32.6 Å². The molecule has 0 radical (unpaired) electrons. The van der Waals surface area contributed by atoms with Gasteiger partial charge in [0.15, 0.2) is 6.29 Å². The first-order valence-corrected chi connectivity index (χ1v) is 24.9.